The fourth-order valence-corrected chi connectivity index (χ4v) is 2.43. The summed E-state index contributed by atoms with van der Waals surface area (Å²) in [5.41, 5.74) is 4.80. The number of nitrogens with one attached hydrogen (secondary N) is 1. The Bertz CT molecular complexity index is 648. The van der Waals surface area contributed by atoms with E-state index in [1.807, 2.05) is 6.07 Å². The van der Waals surface area contributed by atoms with Crippen LogP contribution in [-0.4, -0.2) is 13.1 Å². The fraction of sp³-hybridized carbons (Fsp3) is 0.235. The van der Waals surface area contributed by atoms with Gasteiger partial charge in [0.2, 0.25) is 0 Å². The second-order valence-corrected chi connectivity index (χ2v) is 5.34. The highest BCUT2D eigenvalue weighted by molar-refractivity contribution is 6.31. The highest BCUT2D eigenvalue weighted by Gasteiger charge is 2.12. The number of aryl methyl sites for hydroxylation is 2. The van der Waals surface area contributed by atoms with Crippen molar-refractivity contribution in [2.24, 2.45) is 0 Å². The van der Waals surface area contributed by atoms with E-state index in [1.54, 1.807) is 18.2 Å². The molecule has 0 amide bonds. The number of anilines is 1. The molecule has 0 aliphatic heterocycles. The summed E-state index contributed by atoms with van der Waals surface area (Å²) in [6.45, 7) is 4.77. The molecule has 110 valence electrons. The average molecular weight is 304 g/mol. The van der Waals surface area contributed by atoms with E-state index < -0.39 is 0 Å². The molecule has 2 aromatic rings. The monoisotopic (exact) mass is 303 g/mol. The molecule has 0 fully saturated rings. The topological polar surface area (TPSA) is 38.3 Å². The summed E-state index contributed by atoms with van der Waals surface area (Å²) in [5.74, 6) is -0.379. The second-order valence-electron chi connectivity index (χ2n) is 4.91. The first-order chi connectivity index (χ1) is 10.0. The first-order valence-corrected chi connectivity index (χ1v) is 7.07. The highest BCUT2D eigenvalue weighted by atomic mass is 35.5. The van der Waals surface area contributed by atoms with Crippen LogP contribution in [-0.2, 0) is 11.3 Å². The van der Waals surface area contributed by atoms with Gasteiger partial charge in [-0.05, 0) is 48.7 Å². The van der Waals surface area contributed by atoms with Crippen LogP contribution in [0.1, 0.15) is 27.0 Å². The van der Waals surface area contributed by atoms with Crippen LogP contribution >= 0.6 is 11.6 Å². The summed E-state index contributed by atoms with van der Waals surface area (Å²) in [4.78, 5) is 11.8. The van der Waals surface area contributed by atoms with Gasteiger partial charge in [-0.25, -0.2) is 4.79 Å². The van der Waals surface area contributed by atoms with Crippen molar-refractivity contribution in [3.05, 3.63) is 63.7 Å². The Balaban J connectivity index is 2.27. The third-order valence-electron chi connectivity index (χ3n) is 3.49. The zero-order chi connectivity index (χ0) is 15.4. The third-order valence-corrected chi connectivity index (χ3v) is 3.72. The molecule has 0 saturated heterocycles. The van der Waals surface area contributed by atoms with E-state index in [0.717, 1.165) is 0 Å². The van der Waals surface area contributed by atoms with Crippen molar-refractivity contribution in [1.29, 1.82) is 0 Å². The Hall–Kier alpha value is -2.00. The Kier molecular flexibility index (Phi) is 4.86. The number of hydrogen-bond donors (Lipinski definition) is 1. The van der Waals surface area contributed by atoms with Crippen LogP contribution in [0.4, 0.5) is 5.69 Å². The fourth-order valence-electron chi connectivity index (χ4n) is 2.26. The molecule has 0 atom stereocenters. The largest absolute Gasteiger partial charge is 0.465 e. The van der Waals surface area contributed by atoms with Crippen molar-refractivity contribution in [3.63, 3.8) is 0 Å². The van der Waals surface area contributed by atoms with Gasteiger partial charge in [0.05, 0.1) is 18.4 Å². The summed E-state index contributed by atoms with van der Waals surface area (Å²) in [6.07, 6.45) is 0. The van der Waals surface area contributed by atoms with E-state index in [1.165, 1.54) is 23.8 Å². The molecule has 0 aliphatic rings. The number of ether oxygens (including phenoxy) is 1. The van der Waals surface area contributed by atoms with Gasteiger partial charge in [0.1, 0.15) is 0 Å². The predicted molar refractivity (Wildman–Crippen MR) is 86.0 cm³/mol. The molecule has 21 heavy (non-hydrogen) atoms. The van der Waals surface area contributed by atoms with Gasteiger partial charge in [-0.1, -0.05) is 29.8 Å². The zero-order valence-electron chi connectivity index (χ0n) is 12.4. The standard InChI is InChI=1S/C17H18ClNO2/c1-11-5-4-6-12(2)15(11)10-19-16-9-13(18)7-8-14(16)17(20)21-3/h4-9,19H,10H2,1-3H3. The van der Waals surface area contributed by atoms with Gasteiger partial charge in [-0.15, -0.1) is 0 Å². The number of esters is 1. The molecule has 2 aromatic carbocycles. The van der Waals surface area contributed by atoms with Gasteiger partial charge < -0.3 is 10.1 Å². The summed E-state index contributed by atoms with van der Waals surface area (Å²) in [7, 11) is 1.37. The molecular weight excluding hydrogens is 286 g/mol. The van der Waals surface area contributed by atoms with E-state index >= 15 is 0 Å². The van der Waals surface area contributed by atoms with Gasteiger partial charge in [-0.3, -0.25) is 0 Å². The lowest BCUT2D eigenvalue weighted by molar-refractivity contribution is 0.0602. The molecule has 0 saturated carbocycles. The van der Waals surface area contributed by atoms with Gasteiger partial charge in [0.25, 0.3) is 0 Å². The quantitative estimate of drug-likeness (QED) is 0.853. The van der Waals surface area contributed by atoms with E-state index in [4.69, 9.17) is 16.3 Å². The van der Waals surface area contributed by atoms with E-state index in [0.29, 0.717) is 22.8 Å². The molecule has 0 heterocycles. The minimum absolute atomic E-state index is 0.379. The Labute approximate surface area is 129 Å². The maximum Gasteiger partial charge on any atom is 0.339 e. The van der Waals surface area contributed by atoms with Gasteiger partial charge in [0.15, 0.2) is 0 Å². The molecule has 4 heteroatoms. The average Bonchev–Trinajstić information content (AvgIpc) is 2.46. The number of hydrogen-bond acceptors (Lipinski definition) is 3. The van der Waals surface area contributed by atoms with Crippen molar-refractivity contribution in [2.75, 3.05) is 12.4 Å². The van der Waals surface area contributed by atoms with Crippen LogP contribution in [0, 0.1) is 13.8 Å². The van der Waals surface area contributed by atoms with Crippen molar-refractivity contribution in [2.45, 2.75) is 20.4 Å². The lowest BCUT2D eigenvalue weighted by atomic mass is 10.0. The Morgan fingerprint density at radius 3 is 2.48 bits per heavy atom. The summed E-state index contributed by atoms with van der Waals surface area (Å²) in [6, 6.07) is 11.3. The van der Waals surface area contributed by atoms with Gasteiger partial charge in [0, 0.05) is 11.6 Å². The summed E-state index contributed by atoms with van der Waals surface area (Å²) < 4.78 is 4.79. The number of methoxy groups -OCH3 is 1. The molecular formula is C17H18ClNO2. The third kappa shape index (κ3) is 3.56. The van der Waals surface area contributed by atoms with Crippen LogP contribution in [0.2, 0.25) is 5.02 Å². The van der Waals surface area contributed by atoms with Crippen LogP contribution in [0.15, 0.2) is 36.4 Å². The Morgan fingerprint density at radius 1 is 1.19 bits per heavy atom. The molecule has 2 rings (SSSR count). The summed E-state index contributed by atoms with van der Waals surface area (Å²) in [5, 5.41) is 3.86. The van der Waals surface area contributed by atoms with E-state index in [2.05, 4.69) is 31.3 Å². The van der Waals surface area contributed by atoms with Crippen molar-refractivity contribution in [3.8, 4) is 0 Å². The molecule has 1 N–H and O–H groups in total. The second kappa shape index (κ2) is 6.64. The molecule has 0 spiro atoms. The molecule has 0 unspecified atom stereocenters. The lowest BCUT2D eigenvalue weighted by Gasteiger charge is -2.14. The number of halogens is 1. The molecule has 0 aromatic heterocycles. The number of benzene rings is 2. The number of rotatable bonds is 4. The van der Waals surface area contributed by atoms with Crippen molar-refractivity contribution < 1.29 is 9.53 Å². The maximum absolute atomic E-state index is 11.8. The van der Waals surface area contributed by atoms with Gasteiger partial charge >= 0.3 is 5.97 Å². The minimum Gasteiger partial charge on any atom is -0.465 e. The van der Waals surface area contributed by atoms with Gasteiger partial charge in [-0.2, -0.15) is 0 Å². The van der Waals surface area contributed by atoms with Crippen molar-refractivity contribution in [1.82, 2.24) is 0 Å². The zero-order valence-corrected chi connectivity index (χ0v) is 13.1. The SMILES string of the molecule is COC(=O)c1ccc(Cl)cc1NCc1c(C)cccc1C. The Morgan fingerprint density at radius 2 is 1.86 bits per heavy atom. The molecule has 0 bridgehead atoms. The normalized spacial score (nSPS) is 10.3. The predicted octanol–water partition coefficient (Wildman–Crippen LogP) is 4.36. The van der Waals surface area contributed by atoms with Crippen LogP contribution in [0.25, 0.3) is 0 Å². The number of carbonyl (C=O) groups is 1. The lowest BCUT2D eigenvalue weighted by Crippen LogP contribution is -2.09. The van der Waals surface area contributed by atoms with E-state index in [-0.39, 0.29) is 5.97 Å². The molecule has 3 nitrogen and oxygen atoms in total. The minimum atomic E-state index is -0.379. The highest BCUT2D eigenvalue weighted by Crippen LogP contribution is 2.23. The van der Waals surface area contributed by atoms with Crippen LogP contribution in [0.3, 0.4) is 0 Å². The number of carbonyl (C=O) groups excluding carboxylic acids is 1. The van der Waals surface area contributed by atoms with Crippen LogP contribution < -0.4 is 5.32 Å². The summed E-state index contributed by atoms with van der Waals surface area (Å²) >= 11 is 6.02. The van der Waals surface area contributed by atoms with Crippen molar-refractivity contribution >= 4 is 23.3 Å². The van der Waals surface area contributed by atoms with Crippen LogP contribution in [0.5, 0.6) is 0 Å². The molecule has 0 radical (unpaired) electrons. The maximum atomic E-state index is 11.8. The van der Waals surface area contributed by atoms with E-state index in [9.17, 15) is 4.79 Å². The molecule has 0 aliphatic carbocycles. The smallest absolute Gasteiger partial charge is 0.339 e. The first-order valence-electron chi connectivity index (χ1n) is 6.69. The first kappa shape index (κ1) is 15.4.